The van der Waals surface area contributed by atoms with Crippen molar-refractivity contribution in [3.05, 3.63) is 59.3 Å². The smallest absolute Gasteiger partial charge is 0.273 e. The number of nitrogens with zero attached hydrogens (tertiary/aromatic N) is 2. The molecule has 0 saturated heterocycles. The van der Waals surface area contributed by atoms with Crippen molar-refractivity contribution >= 4 is 5.91 Å². The lowest BCUT2D eigenvalue weighted by Gasteiger charge is -2.27. The molecule has 3 aromatic rings. The zero-order chi connectivity index (χ0) is 22.7. The van der Waals surface area contributed by atoms with Crippen LogP contribution in [0.4, 0.5) is 0 Å². The van der Waals surface area contributed by atoms with E-state index in [1.807, 2.05) is 47.4 Å². The molecular weight excluding hydrogens is 410 g/mol. The summed E-state index contributed by atoms with van der Waals surface area (Å²) in [6.45, 7) is 1.11. The van der Waals surface area contributed by atoms with Gasteiger partial charge in [0.25, 0.3) is 5.91 Å². The molecule has 1 aliphatic rings. The largest absolute Gasteiger partial charge is 0.497 e. The van der Waals surface area contributed by atoms with Gasteiger partial charge >= 0.3 is 0 Å². The van der Waals surface area contributed by atoms with Crippen molar-refractivity contribution in [1.82, 2.24) is 15.1 Å². The van der Waals surface area contributed by atoms with E-state index in [4.69, 9.17) is 18.9 Å². The van der Waals surface area contributed by atoms with Gasteiger partial charge in [0.2, 0.25) is 0 Å². The SMILES string of the molecule is COCCCN1C(=O)c2[nH]nc(-c3cccc(OC)c3)c2C1c1ccc(OC)c(OC)c1. The van der Waals surface area contributed by atoms with Crippen LogP contribution in [-0.2, 0) is 4.74 Å². The number of carbonyl (C=O) groups excluding carboxylic acids is 1. The topological polar surface area (TPSA) is 85.9 Å². The predicted octanol–water partition coefficient (Wildman–Crippen LogP) is 3.68. The van der Waals surface area contributed by atoms with E-state index in [1.165, 1.54) is 0 Å². The van der Waals surface area contributed by atoms with Crippen LogP contribution in [0.3, 0.4) is 0 Å². The number of nitrogens with one attached hydrogen (secondary N) is 1. The molecule has 0 spiro atoms. The number of amides is 1. The molecule has 0 radical (unpaired) electrons. The summed E-state index contributed by atoms with van der Waals surface area (Å²) < 4.78 is 21.5. The Morgan fingerprint density at radius 3 is 2.53 bits per heavy atom. The lowest BCUT2D eigenvalue weighted by atomic mass is 9.95. The standard InChI is InChI=1S/C24H27N3O5/c1-29-12-6-11-27-23(16-9-10-18(31-3)19(14-16)32-4)20-21(25-26-22(20)24(27)28)15-7-5-8-17(13-15)30-2/h5,7-10,13-14,23H,6,11-12H2,1-4H3,(H,25,26). The number of benzene rings is 2. The molecule has 1 atom stereocenters. The summed E-state index contributed by atoms with van der Waals surface area (Å²) in [6.07, 6.45) is 0.720. The maximum absolute atomic E-state index is 13.4. The molecule has 1 aromatic heterocycles. The fraction of sp³-hybridized carbons (Fsp3) is 0.333. The fourth-order valence-corrected chi connectivity index (χ4v) is 4.17. The first kappa shape index (κ1) is 21.7. The number of hydrogen-bond acceptors (Lipinski definition) is 6. The molecule has 8 nitrogen and oxygen atoms in total. The quantitative estimate of drug-likeness (QED) is 0.514. The van der Waals surface area contributed by atoms with Gasteiger partial charge in [0, 0.05) is 31.4 Å². The van der Waals surface area contributed by atoms with E-state index in [2.05, 4.69) is 10.2 Å². The Morgan fingerprint density at radius 2 is 1.81 bits per heavy atom. The van der Waals surface area contributed by atoms with Gasteiger partial charge in [0.1, 0.15) is 11.4 Å². The average molecular weight is 437 g/mol. The van der Waals surface area contributed by atoms with Gasteiger partial charge in [-0.3, -0.25) is 9.89 Å². The van der Waals surface area contributed by atoms with Crippen LogP contribution < -0.4 is 14.2 Å². The predicted molar refractivity (Wildman–Crippen MR) is 119 cm³/mol. The molecule has 1 N–H and O–H groups in total. The molecule has 2 aromatic carbocycles. The highest BCUT2D eigenvalue weighted by Gasteiger charge is 2.42. The minimum atomic E-state index is -0.325. The molecule has 1 amide bonds. The number of H-pyrrole nitrogens is 1. The molecule has 2 heterocycles. The number of aromatic amines is 1. The van der Waals surface area contributed by atoms with Crippen LogP contribution >= 0.6 is 0 Å². The van der Waals surface area contributed by atoms with Crippen molar-refractivity contribution in [1.29, 1.82) is 0 Å². The zero-order valence-corrected chi connectivity index (χ0v) is 18.7. The Bertz CT molecular complexity index is 1110. The monoisotopic (exact) mass is 437 g/mol. The van der Waals surface area contributed by atoms with Gasteiger partial charge in [-0.2, -0.15) is 5.10 Å². The zero-order valence-electron chi connectivity index (χ0n) is 18.7. The van der Waals surface area contributed by atoms with Crippen molar-refractivity contribution in [2.45, 2.75) is 12.5 Å². The number of methoxy groups -OCH3 is 4. The Morgan fingerprint density at radius 1 is 1.00 bits per heavy atom. The molecule has 0 saturated carbocycles. The van der Waals surface area contributed by atoms with E-state index in [1.54, 1.807) is 28.4 Å². The van der Waals surface area contributed by atoms with Crippen molar-refractivity contribution in [3.63, 3.8) is 0 Å². The number of hydrogen-bond donors (Lipinski definition) is 1. The first-order valence-corrected chi connectivity index (χ1v) is 10.4. The second-order valence-electron chi connectivity index (χ2n) is 7.45. The van der Waals surface area contributed by atoms with Gasteiger partial charge in [0.05, 0.1) is 33.1 Å². The number of fused-ring (bicyclic) bond motifs is 1. The molecule has 0 aliphatic carbocycles. The van der Waals surface area contributed by atoms with Crippen molar-refractivity contribution in [3.8, 4) is 28.5 Å². The third-order valence-electron chi connectivity index (χ3n) is 5.68. The van der Waals surface area contributed by atoms with E-state index in [9.17, 15) is 4.79 Å². The first-order valence-electron chi connectivity index (χ1n) is 10.4. The highest BCUT2D eigenvalue weighted by Crippen LogP contribution is 2.44. The third kappa shape index (κ3) is 3.78. The van der Waals surface area contributed by atoms with Gasteiger partial charge in [-0.15, -0.1) is 0 Å². The summed E-state index contributed by atoms with van der Waals surface area (Å²) in [4.78, 5) is 15.2. The van der Waals surface area contributed by atoms with Crippen molar-refractivity contribution in [2.24, 2.45) is 0 Å². The lowest BCUT2D eigenvalue weighted by molar-refractivity contribution is 0.0723. The molecule has 1 aliphatic heterocycles. The van der Waals surface area contributed by atoms with Gasteiger partial charge in [-0.05, 0) is 36.2 Å². The van der Waals surface area contributed by atoms with E-state index in [0.717, 1.165) is 34.6 Å². The Kier molecular flexibility index (Phi) is 6.32. The Hall–Kier alpha value is -3.52. The van der Waals surface area contributed by atoms with Crippen LogP contribution in [-0.4, -0.2) is 62.6 Å². The number of rotatable bonds is 9. The van der Waals surface area contributed by atoms with Gasteiger partial charge in [-0.25, -0.2) is 0 Å². The normalized spacial score (nSPS) is 15.1. The average Bonchev–Trinajstić information content (AvgIpc) is 3.38. The van der Waals surface area contributed by atoms with Crippen LogP contribution in [0.25, 0.3) is 11.3 Å². The van der Waals surface area contributed by atoms with Gasteiger partial charge in [0.15, 0.2) is 11.5 Å². The van der Waals surface area contributed by atoms with Crippen molar-refractivity contribution in [2.75, 3.05) is 41.6 Å². The summed E-state index contributed by atoms with van der Waals surface area (Å²) in [5.74, 6) is 1.88. The number of carbonyl (C=O) groups is 1. The molecular formula is C24H27N3O5. The molecule has 168 valence electrons. The molecule has 8 heteroatoms. The highest BCUT2D eigenvalue weighted by molar-refractivity contribution is 6.00. The Labute approximate surface area is 187 Å². The summed E-state index contributed by atoms with van der Waals surface area (Å²) in [6, 6.07) is 13.1. The van der Waals surface area contributed by atoms with Crippen LogP contribution in [0.5, 0.6) is 17.2 Å². The fourth-order valence-electron chi connectivity index (χ4n) is 4.17. The van der Waals surface area contributed by atoms with E-state index >= 15 is 0 Å². The summed E-state index contributed by atoms with van der Waals surface area (Å²) in [7, 11) is 6.48. The maximum Gasteiger partial charge on any atom is 0.273 e. The molecule has 4 rings (SSSR count). The number of aromatic nitrogens is 2. The van der Waals surface area contributed by atoms with Gasteiger partial charge < -0.3 is 23.8 Å². The summed E-state index contributed by atoms with van der Waals surface area (Å²) in [5.41, 5.74) is 3.85. The second kappa shape index (κ2) is 9.32. The van der Waals surface area contributed by atoms with Crippen molar-refractivity contribution < 1.29 is 23.7 Å². The first-order chi connectivity index (χ1) is 15.6. The molecule has 32 heavy (non-hydrogen) atoms. The lowest BCUT2D eigenvalue weighted by Crippen LogP contribution is -2.31. The third-order valence-corrected chi connectivity index (χ3v) is 5.68. The molecule has 0 fully saturated rings. The van der Waals surface area contributed by atoms with Crippen LogP contribution in [0, 0.1) is 0 Å². The summed E-state index contributed by atoms with van der Waals surface area (Å²) in [5, 5.41) is 7.48. The number of ether oxygens (including phenoxy) is 4. The summed E-state index contributed by atoms with van der Waals surface area (Å²) >= 11 is 0. The van der Waals surface area contributed by atoms with E-state index < -0.39 is 0 Å². The molecule has 1 unspecified atom stereocenters. The van der Waals surface area contributed by atoms with E-state index in [-0.39, 0.29) is 11.9 Å². The minimum Gasteiger partial charge on any atom is -0.497 e. The highest BCUT2D eigenvalue weighted by atomic mass is 16.5. The second-order valence-corrected chi connectivity index (χ2v) is 7.45. The minimum absolute atomic E-state index is 0.0856. The van der Waals surface area contributed by atoms with Crippen LogP contribution in [0.1, 0.15) is 34.1 Å². The van der Waals surface area contributed by atoms with Crippen LogP contribution in [0.2, 0.25) is 0 Å². The Balaban J connectivity index is 1.84. The molecule has 0 bridgehead atoms. The van der Waals surface area contributed by atoms with Crippen LogP contribution in [0.15, 0.2) is 42.5 Å². The van der Waals surface area contributed by atoms with E-state index in [0.29, 0.717) is 30.3 Å². The maximum atomic E-state index is 13.4. The van der Waals surface area contributed by atoms with Gasteiger partial charge in [-0.1, -0.05) is 18.2 Å².